The molecule has 3 atom stereocenters. The number of fused-ring (bicyclic) bond motifs is 2. The maximum absolute atomic E-state index is 12.3. The molecule has 11 heteroatoms. The molecule has 0 bridgehead atoms. The fourth-order valence-electron chi connectivity index (χ4n) is 3.20. The predicted molar refractivity (Wildman–Crippen MR) is 105 cm³/mol. The molecule has 0 aliphatic carbocycles. The van der Waals surface area contributed by atoms with Gasteiger partial charge in [0.25, 0.3) is 5.56 Å². The Kier molecular flexibility index (Phi) is 5.97. The van der Waals surface area contributed by atoms with E-state index in [9.17, 15) is 29.7 Å². The second-order valence-electron chi connectivity index (χ2n) is 7.08. The van der Waals surface area contributed by atoms with Gasteiger partial charge in [-0.15, -0.1) is 0 Å². The fraction of sp³-hybridized carbons (Fsp3) is 0.421. The van der Waals surface area contributed by atoms with Gasteiger partial charge in [-0.25, -0.2) is 9.78 Å². The van der Waals surface area contributed by atoms with Crippen molar-refractivity contribution in [2.75, 3.05) is 6.61 Å². The highest BCUT2D eigenvalue weighted by Crippen LogP contribution is 2.25. The van der Waals surface area contributed by atoms with Gasteiger partial charge in [-0.3, -0.25) is 14.6 Å². The van der Waals surface area contributed by atoms with Crippen LogP contribution in [0.4, 0.5) is 0 Å². The molecule has 2 aliphatic heterocycles. The molecule has 0 radical (unpaired) electrons. The van der Waals surface area contributed by atoms with E-state index < -0.39 is 42.1 Å². The average Bonchev–Trinajstić information content (AvgIpc) is 2.67. The van der Waals surface area contributed by atoms with Crippen LogP contribution < -0.4 is 11.2 Å². The van der Waals surface area contributed by atoms with Gasteiger partial charge in [-0.05, 0) is 37.1 Å². The highest BCUT2D eigenvalue weighted by Gasteiger charge is 2.31. The van der Waals surface area contributed by atoms with Crippen molar-refractivity contribution in [3.05, 3.63) is 44.1 Å². The van der Waals surface area contributed by atoms with Gasteiger partial charge >= 0.3 is 11.7 Å². The van der Waals surface area contributed by atoms with Gasteiger partial charge in [0.05, 0.1) is 24.2 Å². The third-order valence-corrected chi connectivity index (χ3v) is 4.87. The number of carbonyl (C=O) groups excluding carboxylic acids is 1. The van der Waals surface area contributed by atoms with Crippen molar-refractivity contribution in [3.63, 3.8) is 0 Å². The maximum atomic E-state index is 12.3. The minimum atomic E-state index is -1.63. The van der Waals surface area contributed by atoms with Crippen LogP contribution in [-0.4, -0.2) is 65.7 Å². The zero-order valence-electron chi connectivity index (χ0n) is 16.6. The standard InChI is InChI=1S/C19H22N4O7/c1-8-4-11-12(5-9(8)2)23(17-15(20-11)18(28)22-19(29)21-17)6-14(30-10(3)25)16(27)13(26)7-24/h4-5,13-14,16,24,26-27H,6-7H2,1-3H3,(H,22,28,29)/t13-,14+,16-/m0/s1. The summed E-state index contributed by atoms with van der Waals surface area (Å²) in [5.74, 6) is -0.794. The number of aryl methyl sites for hydroxylation is 2. The number of nitrogens with one attached hydrogen (secondary N) is 1. The smallest absolute Gasteiger partial charge is 0.349 e. The van der Waals surface area contributed by atoms with Crippen molar-refractivity contribution in [2.45, 2.75) is 45.6 Å². The molecule has 3 rings (SSSR count). The van der Waals surface area contributed by atoms with E-state index in [1.807, 2.05) is 13.8 Å². The van der Waals surface area contributed by atoms with E-state index in [4.69, 9.17) is 4.74 Å². The second kappa shape index (κ2) is 8.30. The number of H-pyrrole nitrogens is 1. The van der Waals surface area contributed by atoms with E-state index in [2.05, 4.69) is 15.0 Å². The molecule has 30 heavy (non-hydrogen) atoms. The Hall–Kier alpha value is -3.15. The van der Waals surface area contributed by atoms with Crippen molar-refractivity contribution in [2.24, 2.45) is 0 Å². The van der Waals surface area contributed by atoms with Crippen molar-refractivity contribution >= 4 is 17.0 Å². The molecule has 0 amide bonds. The minimum Gasteiger partial charge on any atom is -0.458 e. The number of aliphatic hydroxyl groups excluding tert-OH is 3. The van der Waals surface area contributed by atoms with E-state index >= 15 is 0 Å². The summed E-state index contributed by atoms with van der Waals surface area (Å²) in [6, 6.07) is 3.52. The number of hydrogen-bond acceptors (Lipinski definition) is 9. The van der Waals surface area contributed by atoms with Gasteiger partial charge in [0.1, 0.15) is 18.3 Å². The molecule has 2 heterocycles. The molecule has 1 aromatic rings. The molecule has 2 aliphatic rings. The molecule has 160 valence electrons. The highest BCUT2D eigenvalue weighted by molar-refractivity contribution is 5.81. The van der Waals surface area contributed by atoms with E-state index in [0.29, 0.717) is 11.0 Å². The van der Waals surface area contributed by atoms with Gasteiger partial charge in [0.15, 0.2) is 11.5 Å². The summed E-state index contributed by atoms with van der Waals surface area (Å²) in [7, 11) is 0. The Morgan fingerprint density at radius 3 is 2.50 bits per heavy atom. The summed E-state index contributed by atoms with van der Waals surface area (Å²) >= 11 is 0. The van der Waals surface area contributed by atoms with Crippen LogP contribution in [0.3, 0.4) is 0 Å². The van der Waals surface area contributed by atoms with Crippen LogP contribution in [0.15, 0.2) is 21.7 Å². The maximum Gasteiger partial charge on any atom is 0.349 e. The lowest BCUT2D eigenvalue weighted by Gasteiger charge is -2.28. The van der Waals surface area contributed by atoms with Gasteiger partial charge in [0.2, 0.25) is 0 Å². The van der Waals surface area contributed by atoms with Crippen LogP contribution in [0.2, 0.25) is 0 Å². The Labute approximate surface area is 170 Å². The van der Waals surface area contributed by atoms with Crippen molar-refractivity contribution in [1.29, 1.82) is 0 Å². The molecule has 0 fully saturated rings. The van der Waals surface area contributed by atoms with Gasteiger partial charge in [0, 0.05) is 6.92 Å². The summed E-state index contributed by atoms with van der Waals surface area (Å²) in [4.78, 5) is 46.0. The largest absolute Gasteiger partial charge is 0.458 e. The summed E-state index contributed by atoms with van der Waals surface area (Å²) in [6.45, 7) is 3.84. The van der Waals surface area contributed by atoms with Gasteiger partial charge in [-0.1, -0.05) is 0 Å². The van der Waals surface area contributed by atoms with Crippen LogP contribution in [0.5, 0.6) is 0 Å². The quantitative estimate of drug-likeness (QED) is 0.285. The molecule has 0 spiro atoms. The predicted octanol–water partition coefficient (Wildman–Crippen LogP) is -1.15. The first-order valence-corrected chi connectivity index (χ1v) is 9.18. The van der Waals surface area contributed by atoms with Crippen molar-refractivity contribution in [1.82, 2.24) is 19.5 Å². The lowest BCUT2D eigenvalue weighted by molar-refractivity contribution is -0.160. The molecule has 0 aromatic heterocycles. The van der Waals surface area contributed by atoms with Crippen LogP contribution in [-0.2, 0) is 16.1 Å². The summed E-state index contributed by atoms with van der Waals surface area (Å²) in [5.41, 5.74) is 0.984. The van der Waals surface area contributed by atoms with Gasteiger partial charge in [-0.2, -0.15) is 4.98 Å². The van der Waals surface area contributed by atoms with Crippen molar-refractivity contribution in [3.8, 4) is 11.5 Å². The number of esters is 1. The number of rotatable bonds is 6. The Bertz CT molecular complexity index is 1190. The number of hydrogen-bond donors (Lipinski definition) is 4. The van der Waals surface area contributed by atoms with Gasteiger partial charge < -0.3 is 24.6 Å². The van der Waals surface area contributed by atoms with E-state index in [1.165, 1.54) is 4.57 Å². The zero-order chi connectivity index (χ0) is 22.2. The fourth-order valence-corrected chi connectivity index (χ4v) is 3.20. The Morgan fingerprint density at radius 2 is 1.87 bits per heavy atom. The highest BCUT2D eigenvalue weighted by atomic mass is 16.6. The zero-order valence-corrected chi connectivity index (χ0v) is 16.6. The van der Waals surface area contributed by atoms with Crippen LogP contribution in [0, 0.1) is 13.8 Å². The Morgan fingerprint density at radius 1 is 1.20 bits per heavy atom. The first-order valence-electron chi connectivity index (χ1n) is 9.18. The average molecular weight is 418 g/mol. The topological polar surface area (TPSA) is 168 Å². The molecule has 11 nitrogen and oxygen atoms in total. The molecular weight excluding hydrogens is 396 g/mol. The van der Waals surface area contributed by atoms with E-state index in [0.717, 1.165) is 18.1 Å². The number of carbonyl (C=O) groups is 1. The number of benzene rings is 1. The number of aliphatic hydroxyl groups is 3. The third kappa shape index (κ3) is 4.08. The number of nitrogens with zero attached hydrogens (tertiary/aromatic N) is 3. The van der Waals surface area contributed by atoms with Crippen LogP contribution in [0.25, 0.3) is 22.6 Å². The molecule has 0 saturated heterocycles. The summed E-state index contributed by atoms with van der Waals surface area (Å²) in [6.07, 6.45) is -4.52. The van der Waals surface area contributed by atoms with E-state index in [-0.39, 0.29) is 18.1 Å². The molecule has 0 saturated carbocycles. The van der Waals surface area contributed by atoms with E-state index in [1.54, 1.807) is 12.1 Å². The van der Waals surface area contributed by atoms with Crippen molar-refractivity contribution < 1.29 is 24.9 Å². The molecule has 1 aromatic carbocycles. The molecule has 4 N–H and O–H groups in total. The van der Waals surface area contributed by atoms with Crippen LogP contribution in [0.1, 0.15) is 18.1 Å². The monoisotopic (exact) mass is 418 g/mol. The number of ether oxygens (including phenoxy) is 1. The van der Waals surface area contributed by atoms with Crippen LogP contribution >= 0.6 is 0 Å². The minimum absolute atomic E-state index is 0.0673. The summed E-state index contributed by atoms with van der Waals surface area (Å²) < 4.78 is 6.59. The first-order chi connectivity index (χ1) is 14.1. The summed E-state index contributed by atoms with van der Waals surface area (Å²) in [5, 5.41) is 29.4. The lowest BCUT2D eigenvalue weighted by Crippen LogP contribution is -2.44. The SMILES string of the molecule is CC(=O)O[C@H](Cn1c2nc(=O)[nH]c(=O)c-2nc2cc(C)c(C)cc21)[C@@H](O)[C@@H](O)CO. The lowest BCUT2D eigenvalue weighted by atomic mass is 10.1. The second-order valence-corrected chi connectivity index (χ2v) is 7.08. The Balaban J connectivity index is 2.29. The molecule has 0 unspecified atom stereocenters. The first kappa shape index (κ1) is 21.6. The normalized spacial score (nSPS) is 14.6. The molecular formula is C19H22N4O7. The third-order valence-electron chi connectivity index (χ3n) is 4.87. The number of aromatic amines is 1. The number of aromatic nitrogens is 4.